The van der Waals surface area contributed by atoms with Crippen LogP contribution in [-0.2, 0) is 45.7 Å². The molecule has 1 aromatic heterocycles. The Morgan fingerprint density at radius 1 is 0.956 bits per heavy atom. The first-order valence-corrected chi connectivity index (χ1v) is 14.9. The fourth-order valence-corrected chi connectivity index (χ4v) is 5.82. The van der Waals surface area contributed by atoms with Gasteiger partial charge in [-0.3, -0.25) is 4.90 Å². The molecule has 1 N–H and O–H groups in total. The fraction of sp³-hybridized carbons (Fsp3) is 0.243. The van der Waals surface area contributed by atoms with Gasteiger partial charge in [0, 0.05) is 50.2 Å². The van der Waals surface area contributed by atoms with Gasteiger partial charge in [-0.1, -0.05) is 49.4 Å². The van der Waals surface area contributed by atoms with E-state index in [4.69, 9.17) is 13.9 Å². The molecule has 8 heteroatoms. The molecular weight excluding hydrogens is 643 g/mol. The van der Waals surface area contributed by atoms with Crippen LogP contribution in [0.3, 0.4) is 0 Å². The topological polar surface area (TPSA) is 89.2 Å². The van der Waals surface area contributed by atoms with Crippen LogP contribution < -0.4 is 15.1 Å². The SMILES string of the molecule is Cc1c[c-]ccc1-c1c(Cc2ccc(OCCN3CCCC3)cc2)c2ccc(OCc3ccccc3)c(C(=O)O)c2oc1=O.[Y]. The summed E-state index contributed by atoms with van der Waals surface area (Å²) in [5.74, 6) is -0.313. The molecule has 0 unspecified atom stereocenters. The third-order valence-electron chi connectivity index (χ3n) is 8.12. The van der Waals surface area contributed by atoms with E-state index in [2.05, 4.69) is 11.0 Å². The van der Waals surface area contributed by atoms with Crippen LogP contribution in [0, 0.1) is 13.0 Å². The smallest absolute Gasteiger partial charge is 0.343 e. The van der Waals surface area contributed by atoms with Gasteiger partial charge >= 0.3 is 11.6 Å². The van der Waals surface area contributed by atoms with Gasteiger partial charge in [-0.15, -0.1) is 5.56 Å². The molecule has 0 spiro atoms. The number of carboxylic acid groups (broad SMARTS) is 1. The van der Waals surface area contributed by atoms with Crippen LogP contribution in [0.25, 0.3) is 22.1 Å². The molecule has 1 fully saturated rings. The van der Waals surface area contributed by atoms with E-state index in [9.17, 15) is 14.7 Å². The Balaban J connectivity index is 0.00000400. The predicted molar refractivity (Wildman–Crippen MR) is 170 cm³/mol. The Labute approximate surface area is 287 Å². The van der Waals surface area contributed by atoms with E-state index in [0.717, 1.165) is 47.6 Å². The van der Waals surface area contributed by atoms with E-state index in [1.165, 1.54) is 12.8 Å². The first kappa shape index (κ1) is 32.6. The Morgan fingerprint density at radius 3 is 2.42 bits per heavy atom. The van der Waals surface area contributed by atoms with Crippen LogP contribution >= 0.6 is 0 Å². The summed E-state index contributed by atoms with van der Waals surface area (Å²) in [6.07, 6.45) is 2.88. The van der Waals surface area contributed by atoms with E-state index in [-0.39, 0.29) is 56.2 Å². The first-order valence-electron chi connectivity index (χ1n) is 14.9. The van der Waals surface area contributed by atoms with Crippen molar-refractivity contribution in [1.82, 2.24) is 4.90 Å². The molecule has 1 aliphatic rings. The second kappa shape index (κ2) is 15.0. The summed E-state index contributed by atoms with van der Waals surface area (Å²) in [7, 11) is 0. The van der Waals surface area contributed by atoms with Crippen LogP contribution in [0.4, 0.5) is 0 Å². The van der Waals surface area contributed by atoms with Gasteiger partial charge in [0.25, 0.3) is 0 Å². The molecule has 0 aliphatic carbocycles. The molecule has 2 heterocycles. The van der Waals surface area contributed by atoms with Crippen molar-refractivity contribution in [3.8, 4) is 22.6 Å². The fourth-order valence-electron chi connectivity index (χ4n) is 5.82. The van der Waals surface area contributed by atoms with E-state index >= 15 is 0 Å². The summed E-state index contributed by atoms with van der Waals surface area (Å²) >= 11 is 0. The molecular formula is C37H34NO6Y-. The van der Waals surface area contributed by atoms with Crippen molar-refractivity contribution >= 4 is 16.9 Å². The normalized spacial score (nSPS) is 13.0. The Hall–Kier alpha value is -3.78. The standard InChI is InChI=1S/C37H34NO6.Y/c1-25-9-5-6-12-29(25)33-31(23-26-13-15-28(16-14-26)42-22-21-38-19-7-8-20-38)30-17-18-32(43-24-27-10-3-2-4-11-27)34(36(39)40)35(30)44-37(33)41;/h2-4,6,9-18H,7-8,19-24H2,1H3,(H,39,40);/q-1;. The van der Waals surface area contributed by atoms with Crippen molar-refractivity contribution in [2.24, 2.45) is 0 Å². The van der Waals surface area contributed by atoms with Crippen LogP contribution in [0.2, 0.25) is 0 Å². The Kier molecular flexibility index (Phi) is 10.9. The van der Waals surface area contributed by atoms with Gasteiger partial charge in [-0.2, -0.15) is 29.8 Å². The van der Waals surface area contributed by atoms with Gasteiger partial charge in [-0.05, 0) is 73.3 Å². The van der Waals surface area contributed by atoms with Gasteiger partial charge in [0.2, 0.25) is 0 Å². The van der Waals surface area contributed by atoms with Crippen LogP contribution in [0.1, 0.15) is 45.5 Å². The van der Waals surface area contributed by atoms with Crippen molar-refractivity contribution in [1.29, 1.82) is 0 Å². The maximum absolute atomic E-state index is 13.7. The molecule has 0 amide bonds. The monoisotopic (exact) mass is 677 g/mol. The Bertz CT molecular complexity index is 1830. The zero-order valence-corrected chi connectivity index (χ0v) is 28.1. The zero-order valence-electron chi connectivity index (χ0n) is 25.3. The number of aromatic carboxylic acids is 1. The van der Waals surface area contributed by atoms with E-state index in [1.54, 1.807) is 18.2 Å². The van der Waals surface area contributed by atoms with E-state index in [1.807, 2.05) is 73.7 Å². The summed E-state index contributed by atoms with van der Waals surface area (Å²) in [5, 5.41) is 10.8. The van der Waals surface area contributed by atoms with Crippen molar-refractivity contribution in [2.45, 2.75) is 32.8 Å². The van der Waals surface area contributed by atoms with Crippen LogP contribution in [0.15, 0.2) is 94.1 Å². The average Bonchev–Trinajstić information content (AvgIpc) is 3.55. The molecule has 1 aliphatic heterocycles. The quantitative estimate of drug-likeness (QED) is 0.120. The maximum atomic E-state index is 13.7. The number of carboxylic acids is 1. The minimum absolute atomic E-state index is 0. The second-order valence-electron chi connectivity index (χ2n) is 11.1. The summed E-state index contributed by atoms with van der Waals surface area (Å²) in [6.45, 7) is 5.89. The summed E-state index contributed by atoms with van der Waals surface area (Å²) < 4.78 is 17.8. The molecule has 4 aromatic carbocycles. The summed E-state index contributed by atoms with van der Waals surface area (Å²) in [4.78, 5) is 28.7. The van der Waals surface area contributed by atoms with Gasteiger partial charge in [0.1, 0.15) is 30.3 Å². The molecule has 5 aromatic rings. The summed E-state index contributed by atoms with van der Waals surface area (Å²) in [5.41, 5.74) is 3.73. The summed E-state index contributed by atoms with van der Waals surface area (Å²) in [6, 6.07) is 29.2. The average molecular weight is 678 g/mol. The number of fused-ring (bicyclic) bond motifs is 1. The molecule has 6 rings (SSSR count). The number of aryl methyl sites for hydroxylation is 1. The van der Waals surface area contributed by atoms with E-state index < -0.39 is 11.6 Å². The van der Waals surface area contributed by atoms with Crippen molar-refractivity contribution < 1.29 is 56.5 Å². The largest absolute Gasteiger partial charge is 0.492 e. The second-order valence-corrected chi connectivity index (χ2v) is 11.1. The van der Waals surface area contributed by atoms with Gasteiger partial charge in [0.05, 0.1) is 0 Å². The van der Waals surface area contributed by atoms with E-state index in [0.29, 0.717) is 29.5 Å². The zero-order chi connectivity index (χ0) is 30.5. The predicted octanol–water partition coefficient (Wildman–Crippen LogP) is 6.91. The van der Waals surface area contributed by atoms with Crippen molar-refractivity contribution in [2.75, 3.05) is 26.2 Å². The number of hydrogen-bond donors (Lipinski definition) is 1. The van der Waals surface area contributed by atoms with Crippen molar-refractivity contribution in [3.05, 3.63) is 129 Å². The minimum Gasteiger partial charge on any atom is -0.492 e. The van der Waals surface area contributed by atoms with Gasteiger partial charge in [0.15, 0.2) is 5.58 Å². The molecule has 1 radical (unpaired) electrons. The van der Waals surface area contributed by atoms with Gasteiger partial charge < -0.3 is 19.0 Å². The Morgan fingerprint density at radius 2 is 1.71 bits per heavy atom. The molecule has 1 saturated heterocycles. The number of hydrogen-bond acceptors (Lipinski definition) is 6. The number of likely N-dealkylation sites (tertiary alicyclic amines) is 1. The third kappa shape index (κ3) is 7.55. The third-order valence-corrected chi connectivity index (χ3v) is 8.12. The number of carbonyl (C=O) groups is 1. The minimum atomic E-state index is -1.23. The number of ether oxygens (including phenoxy) is 2. The van der Waals surface area contributed by atoms with Crippen LogP contribution in [-0.4, -0.2) is 42.2 Å². The maximum Gasteiger partial charge on any atom is 0.343 e. The number of benzene rings is 4. The first-order chi connectivity index (χ1) is 21.5. The molecule has 0 saturated carbocycles. The van der Waals surface area contributed by atoms with Gasteiger partial charge in [-0.25, -0.2) is 9.59 Å². The number of nitrogens with zero attached hydrogens (tertiary/aromatic N) is 1. The van der Waals surface area contributed by atoms with Crippen molar-refractivity contribution in [3.63, 3.8) is 0 Å². The molecule has 45 heavy (non-hydrogen) atoms. The number of rotatable bonds is 11. The molecule has 0 bridgehead atoms. The molecule has 7 nitrogen and oxygen atoms in total. The molecule has 0 atom stereocenters. The molecule has 227 valence electrons. The van der Waals surface area contributed by atoms with Crippen LogP contribution in [0.5, 0.6) is 11.5 Å².